The molecule has 0 amide bonds. The Labute approximate surface area is 97.6 Å². The minimum Gasteiger partial charge on any atom is -0.490 e. The molecule has 1 nitrogen and oxygen atoms in total. The zero-order valence-electron chi connectivity index (χ0n) is 10.4. The van der Waals surface area contributed by atoms with Gasteiger partial charge in [-0.2, -0.15) is 0 Å². The summed E-state index contributed by atoms with van der Waals surface area (Å²) >= 11 is 0. The molecular weight excluding hydrogens is 203 g/mol. The van der Waals surface area contributed by atoms with E-state index in [1.807, 2.05) is 13.0 Å². The van der Waals surface area contributed by atoms with Gasteiger partial charge in [0.1, 0.15) is 11.6 Å². The van der Waals surface area contributed by atoms with Crippen LogP contribution in [-0.4, -0.2) is 6.10 Å². The molecule has 1 rings (SSSR count). The van der Waals surface area contributed by atoms with Gasteiger partial charge in [0.15, 0.2) is 0 Å². The molecule has 1 atom stereocenters. The van der Waals surface area contributed by atoms with Crippen molar-refractivity contribution in [2.75, 3.05) is 0 Å². The van der Waals surface area contributed by atoms with Gasteiger partial charge in [0, 0.05) is 5.56 Å². The van der Waals surface area contributed by atoms with Crippen LogP contribution in [-0.2, 0) is 6.42 Å². The zero-order valence-corrected chi connectivity index (χ0v) is 10.4. The molecule has 90 valence electrons. The van der Waals surface area contributed by atoms with E-state index < -0.39 is 0 Å². The van der Waals surface area contributed by atoms with E-state index in [2.05, 4.69) is 13.8 Å². The first kappa shape index (κ1) is 13.0. The van der Waals surface area contributed by atoms with E-state index in [-0.39, 0.29) is 11.9 Å². The molecule has 2 heteroatoms. The molecule has 0 aliphatic heterocycles. The summed E-state index contributed by atoms with van der Waals surface area (Å²) in [5, 5.41) is 0. The van der Waals surface area contributed by atoms with E-state index in [0.29, 0.717) is 17.7 Å². The van der Waals surface area contributed by atoms with Crippen molar-refractivity contribution in [3.63, 3.8) is 0 Å². The molecule has 0 aromatic heterocycles. The van der Waals surface area contributed by atoms with Crippen molar-refractivity contribution in [3.05, 3.63) is 29.6 Å². The van der Waals surface area contributed by atoms with E-state index in [1.165, 1.54) is 6.07 Å². The van der Waals surface area contributed by atoms with E-state index in [0.717, 1.165) is 19.3 Å². The summed E-state index contributed by atoms with van der Waals surface area (Å²) in [6, 6.07) is 5.06. The lowest BCUT2D eigenvalue weighted by Crippen LogP contribution is -2.16. The molecule has 0 saturated heterocycles. The molecule has 0 aliphatic carbocycles. The fourth-order valence-corrected chi connectivity index (χ4v) is 1.84. The molecular formula is C14H21FO. The van der Waals surface area contributed by atoms with Gasteiger partial charge in [0.05, 0.1) is 6.10 Å². The maximum absolute atomic E-state index is 13.5. The molecule has 0 heterocycles. The summed E-state index contributed by atoms with van der Waals surface area (Å²) in [6.07, 6.45) is 3.96. The first-order chi connectivity index (χ1) is 7.72. The van der Waals surface area contributed by atoms with Crippen molar-refractivity contribution in [2.45, 2.75) is 52.6 Å². The Bertz CT molecular complexity index is 323. The third-order valence-electron chi connectivity index (χ3n) is 2.79. The Morgan fingerprint density at radius 1 is 1.25 bits per heavy atom. The Kier molecular flexibility index (Phi) is 5.30. The highest BCUT2D eigenvalue weighted by molar-refractivity contribution is 5.34. The van der Waals surface area contributed by atoms with Crippen molar-refractivity contribution in [3.8, 4) is 5.75 Å². The molecule has 0 N–H and O–H groups in total. The van der Waals surface area contributed by atoms with E-state index in [1.54, 1.807) is 6.07 Å². The van der Waals surface area contributed by atoms with Crippen LogP contribution in [0.1, 0.15) is 45.6 Å². The van der Waals surface area contributed by atoms with E-state index >= 15 is 0 Å². The second-order valence-corrected chi connectivity index (χ2v) is 4.01. The highest BCUT2D eigenvalue weighted by atomic mass is 19.1. The van der Waals surface area contributed by atoms with Gasteiger partial charge < -0.3 is 4.74 Å². The minimum absolute atomic E-state index is 0.161. The normalized spacial score (nSPS) is 12.5. The van der Waals surface area contributed by atoms with Gasteiger partial charge in [-0.1, -0.05) is 33.3 Å². The summed E-state index contributed by atoms with van der Waals surface area (Å²) in [5.74, 6) is 0.550. The van der Waals surface area contributed by atoms with Crippen LogP contribution in [0.25, 0.3) is 0 Å². The predicted octanol–water partition coefficient (Wildman–Crippen LogP) is 4.35. The number of rotatable bonds is 6. The van der Waals surface area contributed by atoms with Gasteiger partial charge in [-0.05, 0) is 31.4 Å². The zero-order chi connectivity index (χ0) is 12.0. The Morgan fingerprint density at radius 3 is 2.56 bits per heavy atom. The lowest BCUT2D eigenvalue weighted by Gasteiger charge is -2.19. The fraction of sp³-hybridized carbons (Fsp3) is 0.571. The van der Waals surface area contributed by atoms with Gasteiger partial charge in [-0.3, -0.25) is 0 Å². The predicted molar refractivity (Wildman–Crippen MR) is 65.4 cm³/mol. The minimum atomic E-state index is -0.161. The molecule has 0 bridgehead atoms. The topological polar surface area (TPSA) is 9.23 Å². The van der Waals surface area contributed by atoms with Crippen LogP contribution in [0, 0.1) is 5.82 Å². The van der Waals surface area contributed by atoms with Crippen molar-refractivity contribution >= 4 is 0 Å². The van der Waals surface area contributed by atoms with Crippen LogP contribution in [0.5, 0.6) is 5.75 Å². The molecule has 0 radical (unpaired) electrons. The summed E-state index contributed by atoms with van der Waals surface area (Å²) in [6.45, 7) is 6.19. The van der Waals surface area contributed by atoms with Gasteiger partial charge in [-0.25, -0.2) is 4.39 Å². The lowest BCUT2D eigenvalue weighted by atomic mass is 10.1. The molecule has 0 spiro atoms. The maximum atomic E-state index is 13.5. The summed E-state index contributed by atoms with van der Waals surface area (Å²) in [5.41, 5.74) is 0.692. The Hall–Kier alpha value is -1.05. The summed E-state index contributed by atoms with van der Waals surface area (Å²) < 4.78 is 19.4. The third kappa shape index (κ3) is 3.22. The Balaban J connectivity index is 2.82. The molecule has 0 aliphatic rings. The monoisotopic (exact) mass is 224 g/mol. The smallest absolute Gasteiger partial charge is 0.130 e. The van der Waals surface area contributed by atoms with E-state index in [4.69, 9.17) is 4.74 Å². The average Bonchev–Trinajstić information content (AvgIpc) is 2.28. The van der Waals surface area contributed by atoms with Crippen molar-refractivity contribution in [1.82, 2.24) is 0 Å². The molecule has 0 saturated carbocycles. The van der Waals surface area contributed by atoms with Crippen molar-refractivity contribution in [2.24, 2.45) is 0 Å². The summed E-state index contributed by atoms with van der Waals surface area (Å²) in [4.78, 5) is 0. The van der Waals surface area contributed by atoms with Crippen LogP contribution in [0.3, 0.4) is 0 Å². The number of halogens is 1. The SMILES string of the molecule is CCCC(CC)Oc1cccc(F)c1CC. The van der Waals surface area contributed by atoms with Gasteiger partial charge in [0.2, 0.25) is 0 Å². The molecule has 16 heavy (non-hydrogen) atoms. The lowest BCUT2D eigenvalue weighted by molar-refractivity contribution is 0.183. The van der Waals surface area contributed by atoms with Crippen LogP contribution < -0.4 is 4.74 Å². The van der Waals surface area contributed by atoms with Gasteiger partial charge in [0.25, 0.3) is 0 Å². The largest absolute Gasteiger partial charge is 0.490 e. The highest BCUT2D eigenvalue weighted by Gasteiger charge is 2.12. The second kappa shape index (κ2) is 6.51. The quantitative estimate of drug-likeness (QED) is 0.698. The number of ether oxygens (including phenoxy) is 1. The van der Waals surface area contributed by atoms with Crippen LogP contribution in [0.2, 0.25) is 0 Å². The van der Waals surface area contributed by atoms with Crippen molar-refractivity contribution < 1.29 is 9.13 Å². The average molecular weight is 224 g/mol. The first-order valence-electron chi connectivity index (χ1n) is 6.16. The van der Waals surface area contributed by atoms with Gasteiger partial charge >= 0.3 is 0 Å². The Morgan fingerprint density at radius 2 is 2.00 bits per heavy atom. The molecule has 1 aromatic carbocycles. The fourth-order valence-electron chi connectivity index (χ4n) is 1.84. The van der Waals surface area contributed by atoms with Crippen LogP contribution >= 0.6 is 0 Å². The standard InChI is InChI=1S/C14H21FO/c1-4-8-11(5-2)16-14-10-7-9-13(15)12(14)6-3/h7,9-11H,4-6,8H2,1-3H3. The molecule has 0 fully saturated rings. The number of benzene rings is 1. The van der Waals surface area contributed by atoms with Crippen LogP contribution in [0.4, 0.5) is 4.39 Å². The molecule has 1 unspecified atom stereocenters. The number of hydrogen-bond acceptors (Lipinski definition) is 1. The summed E-state index contributed by atoms with van der Waals surface area (Å²) in [7, 11) is 0. The van der Waals surface area contributed by atoms with Crippen molar-refractivity contribution in [1.29, 1.82) is 0 Å². The molecule has 1 aromatic rings. The first-order valence-corrected chi connectivity index (χ1v) is 6.16. The highest BCUT2D eigenvalue weighted by Crippen LogP contribution is 2.24. The number of hydrogen-bond donors (Lipinski definition) is 0. The maximum Gasteiger partial charge on any atom is 0.130 e. The third-order valence-corrected chi connectivity index (χ3v) is 2.79. The van der Waals surface area contributed by atoms with Gasteiger partial charge in [-0.15, -0.1) is 0 Å². The van der Waals surface area contributed by atoms with E-state index in [9.17, 15) is 4.39 Å². The van der Waals surface area contributed by atoms with Crippen LogP contribution in [0.15, 0.2) is 18.2 Å². The second-order valence-electron chi connectivity index (χ2n) is 4.01.